The van der Waals surface area contributed by atoms with Gasteiger partial charge in [-0.25, -0.2) is 0 Å². The zero-order valence-corrected chi connectivity index (χ0v) is 20.8. The third kappa shape index (κ3) is 4.51. The molecule has 1 N–H and O–H groups in total. The number of nitrogens with zero attached hydrogens (tertiary/aromatic N) is 1. The Kier molecular flexibility index (Phi) is 6.48. The van der Waals surface area contributed by atoms with Gasteiger partial charge in [-0.15, -0.1) is 0 Å². The standard InChI is InChI=1S/C27H35NO5S/c1-27-15-14-23-22-11-9-21(32-17-19-6-4-3-5-7-19)16-20(22)8-10-24(23)25(27)12-13-26(27)33-18-28(2)34(29,30)31/h3-7,9,11,16,23-26H,8,10,12-15,17-18H2,1-2H3,(H,29,30,31)/t23-,24-,25+,26+,27+/m1/s1. The van der Waals surface area contributed by atoms with Crippen LogP contribution in [0.1, 0.15) is 61.6 Å². The minimum Gasteiger partial charge on any atom is -0.489 e. The summed E-state index contributed by atoms with van der Waals surface area (Å²) in [7, 11) is -2.88. The van der Waals surface area contributed by atoms with E-state index in [1.165, 1.54) is 30.2 Å². The van der Waals surface area contributed by atoms with Gasteiger partial charge in [0.05, 0.1) is 6.10 Å². The molecule has 2 fully saturated rings. The highest BCUT2D eigenvalue weighted by molar-refractivity contribution is 7.83. The van der Waals surface area contributed by atoms with Crippen LogP contribution in [0.4, 0.5) is 0 Å². The van der Waals surface area contributed by atoms with Crippen molar-refractivity contribution in [2.45, 2.75) is 64.1 Å². The summed E-state index contributed by atoms with van der Waals surface area (Å²) in [6.07, 6.45) is 6.54. The van der Waals surface area contributed by atoms with Crippen LogP contribution in [0.25, 0.3) is 0 Å². The average Bonchev–Trinajstić information content (AvgIpc) is 3.17. The van der Waals surface area contributed by atoms with Crippen molar-refractivity contribution >= 4 is 10.3 Å². The summed E-state index contributed by atoms with van der Waals surface area (Å²) in [6.45, 7) is 2.81. The molecule has 6 nitrogen and oxygen atoms in total. The summed E-state index contributed by atoms with van der Waals surface area (Å²) in [5, 5.41) is 0. The highest BCUT2D eigenvalue weighted by Gasteiger charge is 2.55. The zero-order valence-electron chi connectivity index (χ0n) is 20.0. The molecule has 0 bridgehead atoms. The first kappa shape index (κ1) is 23.8. The third-order valence-electron chi connectivity index (χ3n) is 8.71. The van der Waals surface area contributed by atoms with E-state index >= 15 is 0 Å². The number of benzene rings is 2. The highest BCUT2D eigenvalue weighted by Crippen LogP contribution is 2.61. The Bertz CT molecular complexity index is 1120. The number of hydrogen-bond acceptors (Lipinski definition) is 4. The van der Waals surface area contributed by atoms with Crippen LogP contribution in [0.3, 0.4) is 0 Å². The van der Waals surface area contributed by atoms with Gasteiger partial charge >= 0.3 is 10.3 Å². The number of fused-ring (bicyclic) bond motifs is 5. The molecule has 0 saturated heterocycles. The molecule has 5 rings (SSSR count). The Morgan fingerprint density at radius 1 is 1.09 bits per heavy atom. The van der Waals surface area contributed by atoms with Gasteiger partial charge in [0.1, 0.15) is 19.1 Å². The first-order valence-corrected chi connectivity index (χ1v) is 13.8. The molecule has 0 aliphatic heterocycles. The minimum atomic E-state index is -4.22. The second-order valence-electron chi connectivity index (χ2n) is 10.5. The monoisotopic (exact) mass is 485 g/mol. The summed E-state index contributed by atoms with van der Waals surface area (Å²) in [6, 6.07) is 16.9. The third-order valence-corrected chi connectivity index (χ3v) is 9.60. The summed E-state index contributed by atoms with van der Waals surface area (Å²) in [5.41, 5.74) is 4.14. The van der Waals surface area contributed by atoms with E-state index in [0.717, 1.165) is 42.2 Å². The topological polar surface area (TPSA) is 76.1 Å². The average molecular weight is 486 g/mol. The molecular formula is C27H35NO5S. The Morgan fingerprint density at radius 3 is 2.65 bits per heavy atom. The molecule has 0 radical (unpaired) electrons. The highest BCUT2D eigenvalue weighted by atomic mass is 32.2. The SMILES string of the molecule is CN(CO[C@H]1CC[C@H]2[C@@H]3CCc4cc(OCc5ccccc5)ccc4[C@H]3CC[C@]12C)S(=O)(=O)O. The minimum absolute atomic E-state index is 0.0257. The van der Waals surface area contributed by atoms with Gasteiger partial charge in [0, 0.05) is 7.05 Å². The Morgan fingerprint density at radius 2 is 1.88 bits per heavy atom. The number of hydrogen-bond donors (Lipinski definition) is 1. The van der Waals surface area contributed by atoms with Crippen molar-refractivity contribution < 1.29 is 22.4 Å². The summed E-state index contributed by atoms with van der Waals surface area (Å²) in [5.74, 6) is 2.73. The van der Waals surface area contributed by atoms with E-state index in [1.54, 1.807) is 0 Å². The van der Waals surface area contributed by atoms with Crippen molar-refractivity contribution in [3.8, 4) is 5.75 Å². The van der Waals surface area contributed by atoms with Gasteiger partial charge in [-0.3, -0.25) is 4.55 Å². The zero-order chi connectivity index (χ0) is 23.9. The lowest BCUT2D eigenvalue weighted by Crippen LogP contribution is -2.45. The van der Waals surface area contributed by atoms with E-state index in [9.17, 15) is 13.0 Å². The molecular weight excluding hydrogens is 450 g/mol. The number of aryl methyl sites for hydroxylation is 1. The summed E-state index contributed by atoms with van der Waals surface area (Å²) < 4.78 is 44.9. The molecule has 34 heavy (non-hydrogen) atoms. The van der Waals surface area contributed by atoms with Crippen molar-refractivity contribution in [1.29, 1.82) is 0 Å². The van der Waals surface area contributed by atoms with Crippen LogP contribution in [0, 0.1) is 17.3 Å². The van der Waals surface area contributed by atoms with E-state index in [0.29, 0.717) is 24.4 Å². The van der Waals surface area contributed by atoms with Crippen LogP contribution in [0.5, 0.6) is 5.75 Å². The van der Waals surface area contributed by atoms with Crippen molar-refractivity contribution in [2.24, 2.45) is 17.3 Å². The van der Waals surface area contributed by atoms with Gasteiger partial charge in [0.15, 0.2) is 0 Å². The van der Waals surface area contributed by atoms with Crippen LogP contribution in [0.15, 0.2) is 48.5 Å². The second kappa shape index (κ2) is 9.26. The first-order chi connectivity index (χ1) is 16.3. The number of rotatable bonds is 7. The molecule has 184 valence electrons. The maximum Gasteiger partial charge on any atom is 0.337 e. The van der Waals surface area contributed by atoms with Gasteiger partial charge in [-0.05, 0) is 90.5 Å². The fourth-order valence-electron chi connectivity index (χ4n) is 6.88. The maximum atomic E-state index is 11.3. The lowest BCUT2D eigenvalue weighted by atomic mass is 9.55. The Balaban J connectivity index is 1.26. The lowest BCUT2D eigenvalue weighted by molar-refractivity contribution is -0.0807. The smallest absolute Gasteiger partial charge is 0.337 e. The van der Waals surface area contributed by atoms with Gasteiger partial charge < -0.3 is 9.47 Å². The van der Waals surface area contributed by atoms with Crippen molar-refractivity contribution in [1.82, 2.24) is 4.31 Å². The molecule has 2 aromatic rings. The van der Waals surface area contributed by atoms with E-state index in [-0.39, 0.29) is 18.2 Å². The van der Waals surface area contributed by atoms with Crippen LogP contribution >= 0.6 is 0 Å². The van der Waals surface area contributed by atoms with Crippen LogP contribution in [0.2, 0.25) is 0 Å². The predicted molar refractivity (Wildman–Crippen MR) is 131 cm³/mol. The second-order valence-corrected chi connectivity index (χ2v) is 12.1. The van der Waals surface area contributed by atoms with Gasteiger partial charge in [-0.1, -0.05) is 43.3 Å². The molecule has 0 unspecified atom stereocenters. The van der Waals surface area contributed by atoms with Crippen molar-refractivity contribution in [3.63, 3.8) is 0 Å². The molecule has 2 saturated carbocycles. The maximum absolute atomic E-state index is 11.3. The molecule has 2 aromatic carbocycles. The molecule has 0 amide bonds. The van der Waals surface area contributed by atoms with E-state index in [1.807, 2.05) is 18.2 Å². The summed E-state index contributed by atoms with van der Waals surface area (Å²) >= 11 is 0. The van der Waals surface area contributed by atoms with Crippen molar-refractivity contribution in [2.75, 3.05) is 13.8 Å². The molecule has 0 spiro atoms. The largest absolute Gasteiger partial charge is 0.489 e. The van der Waals surface area contributed by atoms with Crippen LogP contribution in [-0.2, 0) is 28.1 Å². The fraction of sp³-hybridized carbons (Fsp3) is 0.556. The normalized spacial score (nSPS) is 30.5. The van der Waals surface area contributed by atoms with Gasteiger partial charge in [-0.2, -0.15) is 12.7 Å². The van der Waals surface area contributed by atoms with Gasteiger partial charge in [0.2, 0.25) is 0 Å². The lowest BCUT2D eigenvalue weighted by Gasteiger charge is -2.50. The van der Waals surface area contributed by atoms with Gasteiger partial charge in [0.25, 0.3) is 0 Å². The molecule has 0 aromatic heterocycles. The summed E-state index contributed by atoms with van der Waals surface area (Å²) in [4.78, 5) is 0. The first-order valence-electron chi connectivity index (χ1n) is 12.4. The quantitative estimate of drug-likeness (QED) is 0.431. The van der Waals surface area contributed by atoms with E-state index < -0.39 is 10.3 Å². The molecule has 0 heterocycles. The Hall–Kier alpha value is -1.93. The molecule has 3 aliphatic carbocycles. The van der Waals surface area contributed by atoms with Crippen molar-refractivity contribution in [3.05, 3.63) is 65.2 Å². The molecule has 7 heteroatoms. The molecule has 5 atom stereocenters. The molecule has 3 aliphatic rings. The van der Waals surface area contributed by atoms with Crippen LogP contribution in [-0.4, -0.2) is 37.2 Å². The Labute approximate surface area is 203 Å². The number of ether oxygens (including phenoxy) is 2. The van der Waals surface area contributed by atoms with Crippen LogP contribution < -0.4 is 4.74 Å². The predicted octanol–water partition coefficient (Wildman–Crippen LogP) is 5.20. The van der Waals surface area contributed by atoms with E-state index in [2.05, 4.69) is 37.3 Å². The fourth-order valence-corrected chi connectivity index (χ4v) is 7.07. The van der Waals surface area contributed by atoms with E-state index in [4.69, 9.17) is 9.47 Å².